The van der Waals surface area contributed by atoms with Crippen LogP contribution in [0.4, 0.5) is 5.69 Å². The first-order valence-electron chi connectivity index (χ1n) is 11.6. The lowest BCUT2D eigenvalue weighted by Crippen LogP contribution is -2.16. The molecule has 0 aliphatic heterocycles. The normalized spacial score (nSPS) is 13.8. The van der Waals surface area contributed by atoms with Gasteiger partial charge in [-0.1, -0.05) is 49.6 Å². The zero-order chi connectivity index (χ0) is 22.9. The molecule has 5 heteroatoms. The summed E-state index contributed by atoms with van der Waals surface area (Å²) < 4.78 is 17.3. The topological polar surface area (TPSA) is 56.8 Å². The van der Waals surface area contributed by atoms with Crippen molar-refractivity contribution in [3.8, 4) is 17.2 Å². The lowest BCUT2D eigenvalue weighted by atomic mass is 9.90. The molecule has 1 fully saturated rings. The van der Waals surface area contributed by atoms with Crippen LogP contribution in [-0.2, 0) is 6.61 Å². The maximum atomic E-state index is 12.8. The number of hydrogen-bond donors (Lipinski definition) is 1. The van der Waals surface area contributed by atoms with Crippen molar-refractivity contribution >= 4 is 11.6 Å². The predicted molar refractivity (Wildman–Crippen MR) is 130 cm³/mol. The minimum atomic E-state index is -0.204. The first-order chi connectivity index (χ1) is 16.2. The Balaban J connectivity index is 1.32. The molecule has 1 saturated carbocycles. The number of benzene rings is 3. The molecule has 3 aromatic carbocycles. The second kappa shape index (κ2) is 11.4. The van der Waals surface area contributed by atoms with Crippen molar-refractivity contribution in [1.82, 2.24) is 0 Å². The van der Waals surface area contributed by atoms with Crippen molar-refractivity contribution in [1.29, 1.82) is 0 Å². The number of carbonyl (C=O) groups is 1. The third-order valence-corrected chi connectivity index (χ3v) is 5.99. The second-order valence-corrected chi connectivity index (χ2v) is 8.43. The fraction of sp³-hybridized carbons (Fsp3) is 0.321. The van der Waals surface area contributed by atoms with Crippen LogP contribution in [0.5, 0.6) is 17.2 Å². The molecule has 1 N–H and O–H groups in total. The molecular weight excluding hydrogens is 414 g/mol. The average molecular weight is 446 g/mol. The smallest absolute Gasteiger partial charge is 0.255 e. The third-order valence-electron chi connectivity index (χ3n) is 5.99. The molecule has 3 aromatic rings. The van der Waals surface area contributed by atoms with Gasteiger partial charge in [-0.3, -0.25) is 4.79 Å². The molecule has 0 spiro atoms. The van der Waals surface area contributed by atoms with Gasteiger partial charge in [0.2, 0.25) is 0 Å². The number of methoxy groups -OCH3 is 1. The maximum Gasteiger partial charge on any atom is 0.255 e. The molecule has 1 aliphatic carbocycles. The molecule has 0 atom stereocenters. The predicted octanol–water partition coefficient (Wildman–Crippen LogP) is 6.49. The molecular formula is C28H31NO4. The first kappa shape index (κ1) is 22.7. The van der Waals surface area contributed by atoms with Gasteiger partial charge in [0.25, 0.3) is 5.91 Å². The largest absolute Gasteiger partial charge is 0.493 e. The van der Waals surface area contributed by atoms with Crippen molar-refractivity contribution in [3.05, 3.63) is 83.9 Å². The SMILES string of the molecule is COc1cc(C(=O)Nc2ccc(OCc3ccccc3)cc2)ccc1OCC1CCCCC1. The van der Waals surface area contributed by atoms with Gasteiger partial charge in [0.05, 0.1) is 13.7 Å². The third kappa shape index (κ3) is 6.51. The lowest BCUT2D eigenvalue weighted by Gasteiger charge is -2.22. The summed E-state index contributed by atoms with van der Waals surface area (Å²) >= 11 is 0. The van der Waals surface area contributed by atoms with E-state index in [0.717, 1.165) is 11.3 Å². The molecule has 0 saturated heterocycles. The summed E-state index contributed by atoms with van der Waals surface area (Å²) in [6.07, 6.45) is 6.33. The Morgan fingerprint density at radius 2 is 1.64 bits per heavy atom. The Morgan fingerprint density at radius 3 is 2.36 bits per heavy atom. The van der Waals surface area contributed by atoms with Crippen LogP contribution in [0.15, 0.2) is 72.8 Å². The summed E-state index contributed by atoms with van der Waals surface area (Å²) in [5, 5.41) is 2.92. The number of anilines is 1. The Hall–Kier alpha value is -3.47. The highest BCUT2D eigenvalue weighted by Crippen LogP contribution is 2.31. The minimum absolute atomic E-state index is 0.204. The van der Waals surface area contributed by atoms with E-state index < -0.39 is 0 Å². The molecule has 1 amide bonds. The van der Waals surface area contributed by atoms with E-state index in [9.17, 15) is 4.79 Å². The second-order valence-electron chi connectivity index (χ2n) is 8.43. The van der Waals surface area contributed by atoms with Gasteiger partial charge in [0.15, 0.2) is 11.5 Å². The van der Waals surface area contributed by atoms with E-state index >= 15 is 0 Å². The standard InChI is InChI=1S/C28H31NO4/c1-31-27-18-23(12-17-26(27)33-20-22-10-6-3-7-11-22)28(30)29-24-13-15-25(16-14-24)32-19-21-8-4-2-5-9-21/h2,4-5,8-9,12-18,22H,3,6-7,10-11,19-20H2,1H3,(H,29,30). The number of amides is 1. The molecule has 1 aliphatic rings. The van der Waals surface area contributed by atoms with E-state index in [4.69, 9.17) is 14.2 Å². The monoisotopic (exact) mass is 445 g/mol. The molecule has 0 bridgehead atoms. The van der Waals surface area contributed by atoms with E-state index in [1.54, 1.807) is 19.2 Å². The Bertz CT molecular complexity index is 1030. The van der Waals surface area contributed by atoms with Gasteiger partial charge in [-0.05, 0) is 66.8 Å². The van der Waals surface area contributed by atoms with Crippen LogP contribution in [0.1, 0.15) is 48.0 Å². The van der Waals surface area contributed by atoms with E-state index in [0.29, 0.717) is 41.9 Å². The quantitative estimate of drug-likeness (QED) is 0.409. The van der Waals surface area contributed by atoms with E-state index in [1.807, 2.05) is 60.7 Å². The van der Waals surface area contributed by atoms with Gasteiger partial charge in [-0.2, -0.15) is 0 Å². The number of nitrogens with one attached hydrogen (secondary N) is 1. The first-order valence-corrected chi connectivity index (χ1v) is 11.6. The van der Waals surface area contributed by atoms with E-state index in [1.165, 1.54) is 32.1 Å². The Morgan fingerprint density at radius 1 is 0.879 bits per heavy atom. The highest BCUT2D eigenvalue weighted by molar-refractivity contribution is 6.04. The van der Waals surface area contributed by atoms with Gasteiger partial charge in [-0.25, -0.2) is 0 Å². The van der Waals surface area contributed by atoms with Crippen molar-refractivity contribution in [3.63, 3.8) is 0 Å². The number of hydrogen-bond acceptors (Lipinski definition) is 4. The summed E-state index contributed by atoms with van der Waals surface area (Å²) in [7, 11) is 1.60. The van der Waals surface area contributed by atoms with Crippen LogP contribution in [0.3, 0.4) is 0 Å². The highest BCUT2D eigenvalue weighted by atomic mass is 16.5. The molecule has 172 valence electrons. The van der Waals surface area contributed by atoms with Crippen LogP contribution >= 0.6 is 0 Å². The maximum absolute atomic E-state index is 12.8. The van der Waals surface area contributed by atoms with E-state index in [2.05, 4.69) is 5.32 Å². The van der Waals surface area contributed by atoms with Crippen LogP contribution in [0.2, 0.25) is 0 Å². The Kier molecular flexibility index (Phi) is 7.85. The van der Waals surface area contributed by atoms with Crippen molar-refractivity contribution in [2.75, 3.05) is 19.0 Å². The number of ether oxygens (including phenoxy) is 3. The minimum Gasteiger partial charge on any atom is -0.493 e. The summed E-state index contributed by atoms with van der Waals surface area (Å²) in [4.78, 5) is 12.8. The van der Waals surface area contributed by atoms with Crippen molar-refractivity contribution in [2.45, 2.75) is 38.7 Å². The molecule has 0 unspecified atom stereocenters. The zero-order valence-electron chi connectivity index (χ0n) is 19.1. The molecule has 0 heterocycles. The van der Waals surface area contributed by atoms with Gasteiger partial charge in [0, 0.05) is 11.3 Å². The van der Waals surface area contributed by atoms with Gasteiger partial charge < -0.3 is 19.5 Å². The molecule has 5 nitrogen and oxygen atoms in total. The fourth-order valence-electron chi connectivity index (χ4n) is 4.07. The van der Waals surface area contributed by atoms with Crippen LogP contribution < -0.4 is 19.5 Å². The lowest BCUT2D eigenvalue weighted by molar-refractivity contribution is 0.102. The van der Waals surface area contributed by atoms with Crippen LogP contribution in [0, 0.1) is 5.92 Å². The summed E-state index contributed by atoms with van der Waals surface area (Å²) in [5.74, 6) is 2.40. The molecule has 0 radical (unpaired) electrons. The van der Waals surface area contributed by atoms with Crippen molar-refractivity contribution in [2.24, 2.45) is 5.92 Å². The Labute approximate surface area is 195 Å². The fourth-order valence-corrected chi connectivity index (χ4v) is 4.07. The average Bonchev–Trinajstić information content (AvgIpc) is 2.88. The summed E-state index contributed by atoms with van der Waals surface area (Å²) in [6, 6.07) is 22.7. The van der Waals surface area contributed by atoms with E-state index in [-0.39, 0.29) is 5.91 Å². The van der Waals surface area contributed by atoms with Crippen LogP contribution in [-0.4, -0.2) is 19.6 Å². The highest BCUT2D eigenvalue weighted by Gasteiger charge is 2.16. The summed E-state index contributed by atoms with van der Waals surface area (Å²) in [6.45, 7) is 1.20. The van der Waals surface area contributed by atoms with Crippen LogP contribution in [0.25, 0.3) is 0 Å². The zero-order valence-corrected chi connectivity index (χ0v) is 19.1. The summed E-state index contributed by atoms with van der Waals surface area (Å²) in [5.41, 5.74) is 2.32. The number of carbonyl (C=O) groups excluding carboxylic acids is 1. The molecule has 0 aromatic heterocycles. The number of rotatable bonds is 9. The van der Waals surface area contributed by atoms with Crippen molar-refractivity contribution < 1.29 is 19.0 Å². The van der Waals surface area contributed by atoms with Gasteiger partial charge >= 0.3 is 0 Å². The van der Waals surface area contributed by atoms with Gasteiger partial charge in [-0.15, -0.1) is 0 Å². The van der Waals surface area contributed by atoms with Gasteiger partial charge in [0.1, 0.15) is 12.4 Å². The molecule has 4 rings (SSSR count). The molecule has 33 heavy (non-hydrogen) atoms.